The lowest BCUT2D eigenvalue weighted by atomic mass is 9.93. The summed E-state index contributed by atoms with van der Waals surface area (Å²) in [7, 11) is 0. The van der Waals surface area contributed by atoms with Crippen molar-refractivity contribution in [3.05, 3.63) is 406 Å². The number of hydrogen-bond donors (Lipinski definition) is 0. The van der Waals surface area contributed by atoms with Crippen LogP contribution in [0.15, 0.2) is 406 Å². The highest BCUT2D eigenvalue weighted by Gasteiger charge is 2.32. The highest BCUT2D eigenvalue weighted by atomic mass is 32.1. The number of hydrogen-bond acceptors (Lipinski definition) is 10. The third-order valence-corrected chi connectivity index (χ3v) is 27.5. The molecule has 572 valence electrons. The number of para-hydroxylation sites is 3. The Morgan fingerprint density at radius 1 is 0.163 bits per heavy atom. The first kappa shape index (κ1) is 71.7. The van der Waals surface area contributed by atoms with Gasteiger partial charge in [0.05, 0.1) is 37.7 Å². The van der Waals surface area contributed by atoms with Gasteiger partial charge in [-0.25, -0.2) is 34.9 Å². The number of fused-ring (bicyclic) bond motifs is 18. The highest BCUT2D eigenvalue weighted by molar-refractivity contribution is 7.24. The molecule has 7 nitrogen and oxygen atoms in total. The SMILES string of the molecule is c1ccc(-c2nc(-c3ccc(-c4sc5cccc6c5c4-c4ccccc4-c4ccccc4-6)cc3)nc(-c3ccc4ccccc4c3)n2)cc1.c1ccc(-c2nc(-c3sc4cccc5c4c3-c3ccccc3-c3ccccc3-5)nc3ccccc23)cc1.c1ccc(-c2nc3ccccc3nc2-c2sc3cccc4c3c2-c2ccccc2-c2ccccc2-4)cc1. The third kappa shape index (κ3) is 12.2. The summed E-state index contributed by atoms with van der Waals surface area (Å²) in [5.41, 5.74) is 34.6. The zero-order valence-corrected chi connectivity index (χ0v) is 68.5. The van der Waals surface area contributed by atoms with Crippen LogP contribution in [0, 0.1) is 0 Å². The fourth-order valence-electron chi connectivity index (χ4n) is 18.5. The van der Waals surface area contributed by atoms with Gasteiger partial charge in [-0.15, -0.1) is 34.0 Å². The molecule has 123 heavy (non-hydrogen) atoms. The van der Waals surface area contributed by atoms with Gasteiger partial charge in [0.25, 0.3) is 0 Å². The molecule has 0 atom stereocenters. The minimum Gasteiger partial charge on any atom is -0.244 e. The van der Waals surface area contributed by atoms with Gasteiger partial charge >= 0.3 is 0 Å². The maximum Gasteiger partial charge on any atom is 0.171 e. The molecule has 23 aromatic rings. The van der Waals surface area contributed by atoms with Crippen molar-refractivity contribution in [1.29, 1.82) is 0 Å². The van der Waals surface area contributed by atoms with Crippen LogP contribution < -0.4 is 0 Å². The topological polar surface area (TPSA) is 90.2 Å². The van der Waals surface area contributed by atoms with Crippen LogP contribution in [0.3, 0.4) is 0 Å². The second-order valence-corrected chi connectivity index (χ2v) is 34.3. The van der Waals surface area contributed by atoms with E-state index in [1.165, 1.54) is 151 Å². The summed E-state index contributed by atoms with van der Waals surface area (Å²) >= 11 is 5.47. The molecule has 6 heterocycles. The van der Waals surface area contributed by atoms with Crippen molar-refractivity contribution in [3.8, 4) is 189 Å². The molecular weight excluding hydrogens is 1550 g/mol. The lowest BCUT2D eigenvalue weighted by Crippen LogP contribution is -2.00. The average Bonchev–Trinajstić information content (AvgIpc) is 1.58. The Bertz CT molecular complexity index is 8190. The average molecular weight is 1620 g/mol. The van der Waals surface area contributed by atoms with Gasteiger partial charge in [-0.2, -0.15) is 0 Å². The fourth-order valence-corrected chi connectivity index (χ4v) is 22.1. The van der Waals surface area contributed by atoms with Gasteiger partial charge in [0, 0.05) is 85.0 Å². The molecule has 6 aromatic heterocycles. The zero-order chi connectivity index (χ0) is 81.0. The maximum absolute atomic E-state index is 5.28. The molecule has 26 rings (SSSR count). The quantitative estimate of drug-likeness (QED) is 0.150. The van der Waals surface area contributed by atoms with Crippen molar-refractivity contribution < 1.29 is 0 Å². The van der Waals surface area contributed by atoms with Crippen LogP contribution in [-0.4, -0.2) is 34.9 Å². The summed E-state index contributed by atoms with van der Waals surface area (Å²) in [5.74, 6) is 2.75. The molecule has 0 saturated carbocycles. The standard InChI is InChI=1S/C45H27N3S.2C34H20N2S/c1-2-12-30(13-3-1)43-46-44(48-45(47-43)33-26-21-28-11-4-5-14-32(28)27-33)31-24-22-29(23-25-31)42-41-38-18-9-8-17-36(38)34-15-6-7-16-35(34)37-19-10-20-39(49-42)40(37)41;1-2-11-21(12-3-1)32-33(36-28-19-9-8-18-27(28)35-32)34-31-26-16-7-6-15-24(26)22-13-4-5-14-23(22)25-17-10-20-29(37-34)30(25)31;1-2-11-21(12-3-1)32-27-17-8-9-19-28(27)35-34(36-32)33-31-26-16-7-6-15-24(26)22-13-4-5-14-23(22)25-18-10-20-29(37-33)30(25)31/h1-27H;2*1-20H. The van der Waals surface area contributed by atoms with Crippen LogP contribution in [0.5, 0.6) is 0 Å². The van der Waals surface area contributed by atoms with Crippen molar-refractivity contribution in [3.63, 3.8) is 0 Å². The van der Waals surface area contributed by atoms with E-state index in [4.69, 9.17) is 34.9 Å². The van der Waals surface area contributed by atoms with Gasteiger partial charge in [0.2, 0.25) is 0 Å². The van der Waals surface area contributed by atoms with Gasteiger partial charge < -0.3 is 0 Å². The van der Waals surface area contributed by atoms with Crippen LogP contribution >= 0.6 is 34.0 Å². The Hall–Kier alpha value is -15.4. The minimum absolute atomic E-state index is 0.654. The van der Waals surface area contributed by atoms with Gasteiger partial charge in [-0.3, -0.25) is 0 Å². The Morgan fingerprint density at radius 2 is 0.488 bits per heavy atom. The maximum atomic E-state index is 5.28. The van der Waals surface area contributed by atoms with Gasteiger partial charge in [0.1, 0.15) is 5.69 Å². The Kier molecular flexibility index (Phi) is 17.4. The molecule has 3 aliphatic rings. The summed E-state index contributed by atoms with van der Waals surface area (Å²) < 4.78 is 3.82. The van der Waals surface area contributed by atoms with Crippen molar-refractivity contribution in [1.82, 2.24) is 34.9 Å². The van der Waals surface area contributed by atoms with E-state index in [-0.39, 0.29) is 0 Å². The van der Waals surface area contributed by atoms with E-state index in [1.807, 2.05) is 83.3 Å². The summed E-state index contributed by atoms with van der Waals surface area (Å²) in [6.45, 7) is 0. The molecule has 0 radical (unpaired) electrons. The molecular formula is C113H67N7S3. The third-order valence-electron chi connectivity index (χ3n) is 24.0. The normalized spacial score (nSPS) is 11.7. The summed E-state index contributed by atoms with van der Waals surface area (Å²) in [6.07, 6.45) is 0. The molecule has 0 amide bonds. The molecule has 0 aliphatic heterocycles. The molecule has 0 saturated heterocycles. The molecule has 0 spiro atoms. The minimum atomic E-state index is 0.654. The zero-order valence-electron chi connectivity index (χ0n) is 66.0. The van der Waals surface area contributed by atoms with Crippen molar-refractivity contribution in [2.45, 2.75) is 0 Å². The van der Waals surface area contributed by atoms with Crippen molar-refractivity contribution >= 4 is 97.0 Å². The van der Waals surface area contributed by atoms with Crippen molar-refractivity contribution in [2.75, 3.05) is 0 Å². The smallest absolute Gasteiger partial charge is 0.171 e. The number of benzene rings is 17. The van der Waals surface area contributed by atoms with E-state index < -0.39 is 0 Å². The lowest BCUT2D eigenvalue weighted by Gasteiger charge is -2.13. The Morgan fingerprint density at radius 3 is 0.984 bits per heavy atom. The van der Waals surface area contributed by atoms with E-state index >= 15 is 0 Å². The van der Waals surface area contributed by atoms with Gasteiger partial charge in [0.15, 0.2) is 23.3 Å². The van der Waals surface area contributed by atoms with Crippen LogP contribution in [-0.2, 0) is 0 Å². The first-order valence-corrected chi connectivity index (χ1v) is 43.8. The van der Waals surface area contributed by atoms with E-state index in [9.17, 15) is 0 Å². The van der Waals surface area contributed by atoms with Crippen LogP contribution in [0.25, 0.3) is 252 Å². The van der Waals surface area contributed by atoms with Crippen LogP contribution in [0.4, 0.5) is 0 Å². The molecule has 0 bridgehead atoms. The first-order valence-electron chi connectivity index (χ1n) is 41.3. The second-order valence-electron chi connectivity index (χ2n) is 31.1. The highest BCUT2D eigenvalue weighted by Crippen LogP contribution is 2.59. The lowest BCUT2D eigenvalue weighted by molar-refractivity contribution is 1.07. The molecule has 0 unspecified atom stereocenters. The molecule has 17 aromatic carbocycles. The second kappa shape index (κ2) is 29.8. The predicted octanol–water partition coefficient (Wildman–Crippen LogP) is 31.2. The number of aromatic nitrogens is 7. The van der Waals surface area contributed by atoms with E-state index in [0.717, 1.165) is 82.9 Å². The van der Waals surface area contributed by atoms with Gasteiger partial charge in [-0.05, 0) is 142 Å². The summed E-state index contributed by atoms with van der Waals surface area (Å²) in [6, 6.07) is 144. The summed E-state index contributed by atoms with van der Waals surface area (Å²) in [4.78, 5) is 39.4. The number of nitrogens with zero attached hydrogens (tertiary/aromatic N) is 7. The monoisotopic (exact) mass is 1620 g/mol. The molecule has 10 heteroatoms. The molecule has 0 N–H and O–H groups in total. The first-order chi connectivity index (χ1) is 61.0. The largest absolute Gasteiger partial charge is 0.244 e. The fraction of sp³-hybridized carbons (Fsp3) is 0. The Balaban J connectivity index is 0.000000106. The van der Waals surface area contributed by atoms with Gasteiger partial charge in [-0.1, -0.05) is 364 Å². The number of rotatable bonds is 8. The number of thiophene rings is 3. The Labute approximate surface area is 721 Å². The van der Waals surface area contributed by atoms with E-state index in [0.29, 0.717) is 17.5 Å². The summed E-state index contributed by atoms with van der Waals surface area (Å²) in [5, 5.41) is 7.33. The van der Waals surface area contributed by atoms with Crippen LogP contribution in [0.2, 0.25) is 0 Å². The molecule has 0 fully saturated rings. The molecule has 3 aliphatic carbocycles. The van der Waals surface area contributed by atoms with E-state index in [2.05, 4.69) is 346 Å². The van der Waals surface area contributed by atoms with E-state index in [1.54, 1.807) is 11.3 Å². The van der Waals surface area contributed by atoms with Crippen molar-refractivity contribution in [2.24, 2.45) is 0 Å². The van der Waals surface area contributed by atoms with Crippen LogP contribution in [0.1, 0.15) is 0 Å². The predicted molar refractivity (Wildman–Crippen MR) is 516 cm³/mol.